The van der Waals surface area contributed by atoms with Crippen LogP contribution < -0.4 is 9.46 Å². The molecule has 0 aliphatic carbocycles. The van der Waals surface area contributed by atoms with Crippen LogP contribution in [-0.2, 0) is 10.0 Å². The molecule has 0 spiro atoms. The highest BCUT2D eigenvalue weighted by Crippen LogP contribution is 2.28. The van der Waals surface area contributed by atoms with Crippen LogP contribution >= 0.6 is 15.9 Å². The first-order valence-electron chi connectivity index (χ1n) is 5.54. The van der Waals surface area contributed by atoms with Crippen molar-refractivity contribution < 1.29 is 17.5 Å². The minimum atomic E-state index is -3.82. The van der Waals surface area contributed by atoms with Crippen LogP contribution in [0.3, 0.4) is 0 Å². The molecule has 106 valence electrons. The summed E-state index contributed by atoms with van der Waals surface area (Å²) in [6.45, 7) is 0. The van der Waals surface area contributed by atoms with Gasteiger partial charge in [0, 0.05) is 10.2 Å². The quantitative estimate of drug-likeness (QED) is 0.909. The second-order valence-electron chi connectivity index (χ2n) is 3.91. The summed E-state index contributed by atoms with van der Waals surface area (Å²) in [5, 5.41) is 0. The fourth-order valence-corrected chi connectivity index (χ4v) is 3.36. The highest BCUT2D eigenvalue weighted by Gasteiger charge is 2.20. The third-order valence-corrected chi connectivity index (χ3v) is 4.41. The zero-order chi connectivity index (χ0) is 14.8. The zero-order valence-electron chi connectivity index (χ0n) is 10.4. The Balaban J connectivity index is 2.40. The summed E-state index contributed by atoms with van der Waals surface area (Å²) in [6.07, 6.45) is 0. The van der Waals surface area contributed by atoms with Crippen molar-refractivity contribution >= 4 is 31.6 Å². The normalized spacial score (nSPS) is 11.2. The summed E-state index contributed by atoms with van der Waals surface area (Å²) in [5.74, 6) is -0.212. The van der Waals surface area contributed by atoms with Crippen LogP contribution in [0.15, 0.2) is 51.8 Å². The number of nitrogens with one attached hydrogen (secondary N) is 1. The van der Waals surface area contributed by atoms with E-state index < -0.39 is 15.8 Å². The Kier molecular flexibility index (Phi) is 4.29. The molecule has 0 saturated carbocycles. The topological polar surface area (TPSA) is 55.4 Å². The molecule has 2 rings (SSSR count). The summed E-state index contributed by atoms with van der Waals surface area (Å²) >= 11 is 3.22. The van der Waals surface area contributed by atoms with Gasteiger partial charge in [0.15, 0.2) is 0 Å². The van der Waals surface area contributed by atoms with Gasteiger partial charge in [-0.05, 0) is 42.5 Å². The van der Waals surface area contributed by atoms with E-state index in [1.54, 1.807) is 12.1 Å². The Bertz CT molecular complexity index is 717. The predicted octanol–water partition coefficient (Wildman–Crippen LogP) is 3.40. The number of sulfonamides is 1. The maximum atomic E-state index is 12.8. The number of halogens is 2. The van der Waals surface area contributed by atoms with Crippen LogP contribution in [0.5, 0.6) is 5.75 Å². The lowest BCUT2D eigenvalue weighted by Gasteiger charge is -2.12. The molecule has 0 radical (unpaired) electrons. The SMILES string of the molecule is COc1ccc(Br)cc1S(=O)(=O)Nc1ccc(F)cc1. The van der Waals surface area contributed by atoms with Gasteiger partial charge in [0.25, 0.3) is 10.0 Å². The number of anilines is 1. The largest absolute Gasteiger partial charge is 0.495 e. The fourth-order valence-electron chi connectivity index (χ4n) is 1.59. The van der Waals surface area contributed by atoms with Crippen LogP contribution in [0.1, 0.15) is 0 Å². The molecule has 7 heteroatoms. The van der Waals surface area contributed by atoms with Crippen molar-refractivity contribution in [1.29, 1.82) is 0 Å². The maximum absolute atomic E-state index is 12.8. The molecule has 0 fully saturated rings. The highest BCUT2D eigenvalue weighted by atomic mass is 79.9. The minimum absolute atomic E-state index is 0.00120. The standard InChI is InChI=1S/C13H11BrFNO3S/c1-19-12-7-2-9(14)8-13(12)20(17,18)16-11-5-3-10(15)4-6-11/h2-8,16H,1H3. The Labute approximate surface area is 124 Å². The molecule has 0 atom stereocenters. The van der Waals surface area contributed by atoms with Gasteiger partial charge in [0.2, 0.25) is 0 Å². The Hall–Kier alpha value is -1.60. The third-order valence-electron chi connectivity index (χ3n) is 2.51. The van der Waals surface area contributed by atoms with E-state index in [0.717, 1.165) is 0 Å². The molecule has 0 heterocycles. The zero-order valence-corrected chi connectivity index (χ0v) is 12.8. The van der Waals surface area contributed by atoms with Gasteiger partial charge in [-0.2, -0.15) is 0 Å². The van der Waals surface area contributed by atoms with Gasteiger partial charge in [0.05, 0.1) is 7.11 Å². The number of methoxy groups -OCH3 is 1. The lowest BCUT2D eigenvalue weighted by molar-refractivity contribution is 0.403. The molecule has 0 aliphatic heterocycles. The second-order valence-corrected chi connectivity index (χ2v) is 6.47. The molecule has 1 N–H and O–H groups in total. The van der Waals surface area contributed by atoms with Crippen molar-refractivity contribution in [2.45, 2.75) is 4.90 Å². The van der Waals surface area contributed by atoms with Crippen molar-refractivity contribution in [2.24, 2.45) is 0 Å². The molecule has 0 aliphatic rings. The lowest BCUT2D eigenvalue weighted by Crippen LogP contribution is -2.14. The number of benzene rings is 2. The van der Waals surface area contributed by atoms with E-state index in [0.29, 0.717) is 4.47 Å². The highest BCUT2D eigenvalue weighted by molar-refractivity contribution is 9.10. The molecule has 0 amide bonds. The van der Waals surface area contributed by atoms with E-state index in [-0.39, 0.29) is 16.3 Å². The average Bonchev–Trinajstić information content (AvgIpc) is 2.41. The molecule has 2 aromatic carbocycles. The number of hydrogen-bond donors (Lipinski definition) is 1. The average molecular weight is 360 g/mol. The van der Waals surface area contributed by atoms with Gasteiger partial charge in [-0.25, -0.2) is 12.8 Å². The number of rotatable bonds is 4. The molecular weight excluding hydrogens is 349 g/mol. The van der Waals surface area contributed by atoms with Crippen molar-refractivity contribution in [3.63, 3.8) is 0 Å². The molecule has 0 saturated heterocycles. The summed E-state index contributed by atoms with van der Waals surface area (Å²) in [5.41, 5.74) is 0.272. The van der Waals surface area contributed by atoms with E-state index in [1.165, 1.54) is 37.4 Å². The monoisotopic (exact) mass is 359 g/mol. The van der Waals surface area contributed by atoms with Crippen LogP contribution in [0, 0.1) is 5.82 Å². The minimum Gasteiger partial charge on any atom is -0.495 e. The van der Waals surface area contributed by atoms with Gasteiger partial charge in [0.1, 0.15) is 16.5 Å². The van der Waals surface area contributed by atoms with Gasteiger partial charge < -0.3 is 4.74 Å². The fraction of sp³-hybridized carbons (Fsp3) is 0.0769. The van der Waals surface area contributed by atoms with Crippen LogP contribution in [-0.4, -0.2) is 15.5 Å². The Morgan fingerprint density at radius 3 is 2.40 bits per heavy atom. The van der Waals surface area contributed by atoms with Crippen molar-refractivity contribution in [1.82, 2.24) is 0 Å². The van der Waals surface area contributed by atoms with E-state index >= 15 is 0 Å². The van der Waals surface area contributed by atoms with Crippen LogP contribution in [0.2, 0.25) is 0 Å². The number of ether oxygens (including phenoxy) is 1. The molecule has 0 aromatic heterocycles. The van der Waals surface area contributed by atoms with Gasteiger partial charge in [-0.3, -0.25) is 4.72 Å². The summed E-state index contributed by atoms with van der Waals surface area (Å²) in [4.78, 5) is -0.00120. The second kappa shape index (κ2) is 5.80. The third kappa shape index (κ3) is 3.29. The van der Waals surface area contributed by atoms with Crippen molar-refractivity contribution in [3.8, 4) is 5.75 Å². The predicted molar refractivity (Wildman–Crippen MR) is 77.9 cm³/mol. The lowest BCUT2D eigenvalue weighted by atomic mass is 10.3. The first kappa shape index (κ1) is 14.8. The Morgan fingerprint density at radius 1 is 1.15 bits per heavy atom. The van der Waals surface area contributed by atoms with Crippen molar-refractivity contribution in [2.75, 3.05) is 11.8 Å². The maximum Gasteiger partial charge on any atom is 0.265 e. The Morgan fingerprint density at radius 2 is 1.80 bits per heavy atom. The van der Waals surface area contributed by atoms with E-state index in [4.69, 9.17) is 4.74 Å². The molecule has 0 bridgehead atoms. The van der Waals surface area contributed by atoms with Crippen LogP contribution in [0.4, 0.5) is 10.1 Å². The van der Waals surface area contributed by atoms with E-state index in [9.17, 15) is 12.8 Å². The number of hydrogen-bond acceptors (Lipinski definition) is 3. The van der Waals surface area contributed by atoms with Crippen molar-refractivity contribution in [3.05, 3.63) is 52.8 Å². The molecule has 20 heavy (non-hydrogen) atoms. The van der Waals surface area contributed by atoms with Gasteiger partial charge >= 0.3 is 0 Å². The summed E-state index contributed by atoms with van der Waals surface area (Å²) < 4.78 is 45.5. The summed E-state index contributed by atoms with van der Waals surface area (Å²) in [7, 11) is -2.43. The smallest absolute Gasteiger partial charge is 0.265 e. The van der Waals surface area contributed by atoms with E-state index in [1.807, 2.05) is 0 Å². The molecule has 0 unspecified atom stereocenters. The van der Waals surface area contributed by atoms with Gasteiger partial charge in [-0.1, -0.05) is 15.9 Å². The van der Waals surface area contributed by atoms with Crippen LogP contribution in [0.25, 0.3) is 0 Å². The first-order valence-corrected chi connectivity index (χ1v) is 7.82. The molecular formula is C13H11BrFNO3S. The van der Waals surface area contributed by atoms with Gasteiger partial charge in [-0.15, -0.1) is 0 Å². The van der Waals surface area contributed by atoms with E-state index in [2.05, 4.69) is 20.7 Å². The molecule has 4 nitrogen and oxygen atoms in total. The summed E-state index contributed by atoms with van der Waals surface area (Å²) in [6, 6.07) is 9.70. The molecule has 2 aromatic rings. The first-order chi connectivity index (χ1) is 9.42.